The Morgan fingerprint density at radius 3 is 2.50 bits per heavy atom. The van der Waals surface area contributed by atoms with E-state index in [1.165, 1.54) is 16.7 Å². The highest BCUT2D eigenvalue weighted by Gasteiger charge is 2.26. The van der Waals surface area contributed by atoms with Gasteiger partial charge in [-0.1, -0.05) is 23.8 Å². The zero-order valence-corrected chi connectivity index (χ0v) is 11.0. The summed E-state index contributed by atoms with van der Waals surface area (Å²) < 4.78 is 5.42. The van der Waals surface area contributed by atoms with Crippen LogP contribution in [0.25, 0.3) is 0 Å². The summed E-state index contributed by atoms with van der Waals surface area (Å²) in [6.07, 6.45) is 0.856. The lowest BCUT2D eigenvalue weighted by Crippen LogP contribution is -2.46. The summed E-state index contributed by atoms with van der Waals surface area (Å²) in [7, 11) is 1.71. The number of hydrogen-bond acceptors (Lipinski definition) is 2. The summed E-state index contributed by atoms with van der Waals surface area (Å²) in [5.41, 5.74) is 9.80. The van der Waals surface area contributed by atoms with Gasteiger partial charge in [0, 0.05) is 13.2 Å². The standard InChI is InChI=1S/C14H23NO/c1-10-6-7-11(2)12(8-10)9-13(15)14(3,4)16-5/h6-8,13H,9,15H2,1-5H3. The molecule has 0 aliphatic carbocycles. The minimum absolute atomic E-state index is 0.0120. The topological polar surface area (TPSA) is 35.2 Å². The van der Waals surface area contributed by atoms with Crippen LogP contribution in [0.15, 0.2) is 18.2 Å². The molecule has 1 aromatic carbocycles. The van der Waals surface area contributed by atoms with Gasteiger partial charge in [-0.25, -0.2) is 0 Å². The van der Waals surface area contributed by atoms with Crippen molar-refractivity contribution in [2.75, 3.05) is 7.11 Å². The first-order chi connectivity index (χ1) is 7.36. The van der Waals surface area contributed by atoms with Gasteiger partial charge in [0.25, 0.3) is 0 Å². The Balaban J connectivity index is 2.84. The molecule has 0 aliphatic heterocycles. The summed E-state index contributed by atoms with van der Waals surface area (Å²) in [6.45, 7) is 8.29. The predicted octanol–water partition coefficient (Wildman–Crippen LogP) is 2.60. The van der Waals surface area contributed by atoms with Crippen molar-refractivity contribution in [1.82, 2.24) is 0 Å². The molecule has 0 fully saturated rings. The van der Waals surface area contributed by atoms with Crippen molar-refractivity contribution in [2.24, 2.45) is 5.73 Å². The lowest BCUT2D eigenvalue weighted by Gasteiger charge is -2.30. The van der Waals surface area contributed by atoms with E-state index in [2.05, 4.69) is 32.0 Å². The number of benzene rings is 1. The molecule has 0 aliphatic rings. The maximum absolute atomic E-state index is 6.19. The summed E-state index contributed by atoms with van der Waals surface area (Å²) in [6, 6.07) is 6.50. The van der Waals surface area contributed by atoms with Crippen LogP contribution < -0.4 is 5.73 Å². The van der Waals surface area contributed by atoms with E-state index in [1.54, 1.807) is 7.11 Å². The van der Waals surface area contributed by atoms with Crippen LogP contribution in [0.4, 0.5) is 0 Å². The van der Waals surface area contributed by atoms with Gasteiger partial charge in [-0.3, -0.25) is 0 Å². The van der Waals surface area contributed by atoms with Crippen molar-refractivity contribution in [3.8, 4) is 0 Å². The molecule has 0 saturated heterocycles. The van der Waals surface area contributed by atoms with Gasteiger partial charge in [-0.05, 0) is 45.2 Å². The van der Waals surface area contributed by atoms with Crippen LogP contribution in [0.1, 0.15) is 30.5 Å². The number of nitrogens with two attached hydrogens (primary N) is 1. The molecular formula is C14H23NO. The minimum Gasteiger partial charge on any atom is -0.377 e. The van der Waals surface area contributed by atoms with E-state index in [-0.39, 0.29) is 11.6 Å². The summed E-state index contributed by atoms with van der Waals surface area (Å²) >= 11 is 0. The first kappa shape index (κ1) is 13.2. The molecule has 0 radical (unpaired) electrons. The third-order valence-corrected chi connectivity index (χ3v) is 3.36. The van der Waals surface area contributed by atoms with Crippen LogP contribution in [0.5, 0.6) is 0 Å². The van der Waals surface area contributed by atoms with Crippen molar-refractivity contribution < 1.29 is 4.74 Å². The fraction of sp³-hybridized carbons (Fsp3) is 0.571. The Labute approximate surface area is 98.8 Å². The third kappa shape index (κ3) is 3.06. The zero-order chi connectivity index (χ0) is 12.3. The van der Waals surface area contributed by atoms with E-state index in [9.17, 15) is 0 Å². The quantitative estimate of drug-likeness (QED) is 0.848. The number of ether oxygens (including phenoxy) is 1. The molecule has 0 saturated carbocycles. The second-order valence-electron chi connectivity index (χ2n) is 5.05. The van der Waals surface area contributed by atoms with Crippen LogP contribution in [-0.4, -0.2) is 18.8 Å². The van der Waals surface area contributed by atoms with Gasteiger partial charge >= 0.3 is 0 Å². The van der Waals surface area contributed by atoms with Gasteiger partial charge in [0.15, 0.2) is 0 Å². The molecule has 2 N–H and O–H groups in total. The van der Waals surface area contributed by atoms with Gasteiger partial charge in [0.1, 0.15) is 0 Å². The molecule has 0 bridgehead atoms. The first-order valence-electron chi connectivity index (χ1n) is 5.73. The van der Waals surface area contributed by atoms with Crippen molar-refractivity contribution in [1.29, 1.82) is 0 Å². The van der Waals surface area contributed by atoms with Crippen LogP contribution in [0.3, 0.4) is 0 Å². The molecule has 1 aromatic rings. The molecule has 2 nitrogen and oxygen atoms in total. The molecule has 0 aromatic heterocycles. The second-order valence-corrected chi connectivity index (χ2v) is 5.05. The summed E-state index contributed by atoms with van der Waals surface area (Å²) in [5, 5.41) is 0. The van der Waals surface area contributed by atoms with E-state index >= 15 is 0 Å². The molecule has 1 atom stereocenters. The maximum Gasteiger partial charge on any atom is 0.0776 e. The number of rotatable bonds is 4. The van der Waals surface area contributed by atoms with E-state index in [0.29, 0.717) is 0 Å². The first-order valence-corrected chi connectivity index (χ1v) is 5.73. The molecule has 1 rings (SSSR count). The van der Waals surface area contributed by atoms with Crippen LogP contribution >= 0.6 is 0 Å². The second kappa shape index (κ2) is 4.98. The Morgan fingerprint density at radius 1 is 1.31 bits per heavy atom. The van der Waals surface area contributed by atoms with Gasteiger partial charge in [0.2, 0.25) is 0 Å². The molecule has 0 amide bonds. The average Bonchev–Trinajstić information content (AvgIpc) is 2.23. The maximum atomic E-state index is 6.19. The third-order valence-electron chi connectivity index (χ3n) is 3.36. The van der Waals surface area contributed by atoms with Crippen molar-refractivity contribution in [3.63, 3.8) is 0 Å². The highest BCUT2D eigenvalue weighted by atomic mass is 16.5. The van der Waals surface area contributed by atoms with E-state index in [1.807, 2.05) is 13.8 Å². The van der Waals surface area contributed by atoms with Crippen molar-refractivity contribution in [3.05, 3.63) is 34.9 Å². The van der Waals surface area contributed by atoms with Gasteiger partial charge in [-0.2, -0.15) is 0 Å². The number of hydrogen-bond donors (Lipinski definition) is 1. The number of methoxy groups -OCH3 is 1. The van der Waals surface area contributed by atoms with Gasteiger partial charge in [-0.15, -0.1) is 0 Å². The monoisotopic (exact) mass is 221 g/mol. The largest absolute Gasteiger partial charge is 0.377 e. The molecular weight excluding hydrogens is 198 g/mol. The normalized spacial score (nSPS) is 13.9. The smallest absolute Gasteiger partial charge is 0.0776 e. The molecule has 2 heteroatoms. The van der Waals surface area contributed by atoms with Crippen molar-refractivity contribution >= 4 is 0 Å². The zero-order valence-electron chi connectivity index (χ0n) is 11.0. The van der Waals surface area contributed by atoms with Gasteiger partial charge < -0.3 is 10.5 Å². The fourth-order valence-corrected chi connectivity index (χ4v) is 1.65. The van der Waals surface area contributed by atoms with Gasteiger partial charge in [0.05, 0.1) is 5.60 Å². The number of aryl methyl sites for hydroxylation is 2. The lowest BCUT2D eigenvalue weighted by atomic mass is 9.90. The molecule has 16 heavy (non-hydrogen) atoms. The lowest BCUT2D eigenvalue weighted by molar-refractivity contribution is 0.000774. The SMILES string of the molecule is COC(C)(C)C(N)Cc1cc(C)ccc1C. The Kier molecular flexibility index (Phi) is 4.11. The van der Waals surface area contributed by atoms with Crippen molar-refractivity contribution in [2.45, 2.75) is 45.8 Å². The Hall–Kier alpha value is -0.860. The van der Waals surface area contributed by atoms with E-state index in [0.717, 1.165) is 6.42 Å². The molecule has 90 valence electrons. The van der Waals surface area contributed by atoms with Crippen LogP contribution in [0.2, 0.25) is 0 Å². The summed E-state index contributed by atoms with van der Waals surface area (Å²) in [5.74, 6) is 0. The molecule has 1 unspecified atom stereocenters. The van der Waals surface area contributed by atoms with Crippen LogP contribution in [0, 0.1) is 13.8 Å². The molecule has 0 spiro atoms. The highest BCUT2D eigenvalue weighted by Crippen LogP contribution is 2.19. The van der Waals surface area contributed by atoms with Crippen LogP contribution in [-0.2, 0) is 11.2 Å². The summed E-state index contributed by atoms with van der Waals surface area (Å²) in [4.78, 5) is 0. The van der Waals surface area contributed by atoms with E-state index < -0.39 is 0 Å². The Morgan fingerprint density at radius 2 is 1.94 bits per heavy atom. The fourth-order valence-electron chi connectivity index (χ4n) is 1.65. The highest BCUT2D eigenvalue weighted by molar-refractivity contribution is 5.31. The minimum atomic E-state index is -0.282. The predicted molar refractivity (Wildman–Crippen MR) is 68.7 cm³/mol. The van der Waals surface area contributed by atoms with E-state index in [4.69, 9.17) is 10.5 Å². The Bertz CT molecular complexity index is 358. The average molecular weight is 221 g/mol. The molecule has 0 heterocycles.